The second kappa shape index (κ2) is 4.43. The van der Waals surface area contributed by atoms with Gasteiger partial charge in [0.25, 0.3) is 0 Å². The number of hydrogen-bond acceptors (Lipinski definition) is 2. The fourth-order valence-electron chi connectivity index (χ4n) is 1.60. The normalized spacial score (nSPS) is 20.3. The van der Waals surface area contributed by atoms with Gasteiger partial charge in [-0.2, -0.15) is 0 Å². The van der Waals surface area contributed by atoms with Crippen molar-refractivity contribution in [2.24, 2.45) is 5.92 Å². The van der Waals surface area contributed by atoms with Crippen molar-refractivity contribution in [3.8, 4) is 0 Å². The third-order valence-corrected chi connectivity index (χ3v) is 2.55. The first-order valence-electron chi connectivity index (χ1n) is 5.37. The molecule has 0 spiro atoms. The smallest absolute Gasteiger partial charge is 0.0600 e. The molecule has 2 heteroatoms. The van der Waals surface area contributed by atoms with Crippen molar-refractivity contribution in [3.63, 3.8) is 0 Å². The number of likely N-dealkylation sites (tertiary alicyclic amines) is 1. The highest BCUT2D eigenvalue weighted by molar-refractivity contribution is 4.78. The predicted molar refractivity (Wildman–Crippen MR) is 55.9 cm³/mol. The van der Waals surface area contributed by atoms with Crippen molar-refractivity contribution in [3.05, 3.63) is 0 Å². The Balaban J connectivity index is 1.97. The minimum absolute atomic E-state index is 0.0228. The first-order valence-corrected chi connectivity index (χ1v) is 5.37. The molecule has 1 saturated heterocycles. The van der Waals surface area contributed by atoms with Crippen LogP contribution < -0.4 is 0 Å². The van der Waals surface area contributed by atoms with E-state index in [-0.39, 0.29) is 5.60 Å². The Morgan fingerprint density at radius 1 is 1.31 bits per heavy atom. The van der Waals surface area contributed by atoms with Gasteiger partial charge in [0.1, 0.15) is 0 Å². The minimum Gasteiger partial charge on any atom is -0.375 e. The molecule has 0 aromatic heterocycles. The lowest BCUT2D eigenvalue weighted by Crippen LogP contribution is -2.48. The maximum Gasteiger partial charge on any atom is 0.0600 e. The van der Waals surface area contributed by atoms with E-state index in [9.17, 15) is 0 Å². The summed E-state index contributed by atoms with van der Waals surface area (Å²) in [7, 11) is 0. The monoisotopic (exact) mass is 185 g/mol. The summed E-state index contributed by atoms with van der Waals surface area (Å²) >= 11 is 0. The molecule has 1 fully saturated rings. The second-order valence-electron chi connectivity index (χ2n) is 4.99. The van der Waals surface area contributed by atoms with Gasteiger partial charge in [-0.1, -0.05) is 13.3 Å². The van der Waals surface area contributed by atoms with Gasteiger partial charge in [0.15, 0.2) is 0 Å². The molecule has 0 bridgehead atoms. The molecule has 0 aliphatic carbocycles. The van der Waals surface area contributed by atoms with Crippen LogP contribution in [0.25, 0.3) is 0 Å². The van der Waals surface area contributed by atoms with Crippen LogP contribution in [0.2, 0.25) is 0 Å². The Morgan fingerprint density at radius 2 is 1.92 bits per heavy atom. The summed E-state index contributed by atoms with van der Waals surface area (Å²) in [6.07, 6.45) is 1.33. The van der Waals surface area contributed by atoms with E-state index in [1.165, 1.54) is 19.5 Å². The number of ether oxygens (including phenoxy) is 1. The van der Waals surface area contributed by atoms with E-state index in [1.54, 1.807) is 0 Å². The fraction of sp³-hybridized carbons (Fsp3) is 1.00. The molecule has 0 saturated carbocycles. The standard InChI is InChI=1S/C11H23NO/c1-5-10-8-12(9-10)6-7-13-11(2,3)4/h10H,5-9H2,1-4H3. The van der Waals surface area contributed by atoms with E-state index in [2.05, 4.69) is 32.6 Å². The lowest BCUT2D eigenvalue weighted by molar-refractivity contribution is -0.0278. The Labute approximate surface area is 82.3 Å². The fourth-order valence-corrected chi connectivity index (χ4v) is 1.60. The van der Waals surface area contributed by atoms with Gasteiger partial charge < -0.3 is 9.64 Å². The molecule has 0 aromatic carbocycles. The van der Waals surface area contributed by atoms with Gasteiger partial charge >= 0.3 is 0 Å². The molecule has 1 rings (SSSR count). The molecule has 1 aliphatic rings. The van der Waals surface area contributed by atoms with Crippen LogP contribution in [0.3, 0.4) is 0 Å². The maximum absolute atomic E-state index is 5.66. The Morgan fingerprint density at radius 3 is 2.38 bits per heavy atom. The molecule has 0 radical (unpaired) electrons. The van der Waals surface area contributed by atoms with Crippen molar-refractivity contribution in [2.45, 2.75) is 39.7 Å². The molecule has 0 unspecified atom stereocenters. The average Bonchev–Trinajstić information content (AvgIpc) is 1.91. The van der Waals surface area contributed by atoms with E-state index in [1.807, 2.05) is 0 Å². The maximum atomic E-state index is 5.66. The van der Waals surface area contributed by atoms with E-state index in [0.29, 0.717) is 0 Å². The van der Waals surface area contributed by atoms with Gasteiger partial charge in [-0.05, 0) is 26.7 Å². The highest BCUT2D eigenvalue weighted by atomic mass is 16.5. The molecule has 0 N–H and O–H groups in total. The molecule has 0 aromatic rings. The zero-order chi connectivity index (χ0) is 9.90. The van der Waals surface area contributed by atoms with Crippen LogP contribution in [0.4, 0.5) is 0 Å². The third kappa shape index (κ3) is 4.10. The summed E-state index contributed by atoms with van der Waals surface area (Å²) < 4.78 is 5.66. The number of rotatable bonds is 4. The Kier molecular flexibility index (Phi) is 3.74. The predicted octanol–water partition coefficient (Wildman–Crippen LogP) is 2.14. The topological polar surface area (TPSA) is 12.5 Å². The average molecular weight is 185 g/mol. The van der Waals surface area contributed by atoms with Gasteiger partial charge in [0.2, 0.25) is 0 Å². The van der Waals surface area contributed by atoms with Crippen molar-refractivity contribution in [2.75, 3.05) is 26.2 Å². The molecule has 13 heavy (non-hydrogen) atoms. The number of hydrogen-bond donors (Lipinski definition) is 0. The lowest BCUT2D eigenvalue weighted by Gasteiger charge is -2.39. The van der Waals surface area contributed by atoms with Gasteiger partial charge in [-0.15, -0.1) is 0 Å². The highest BCUT2D eigenvalue weighted by Gasteiger charge is 2.24. The largest absolute Gasteiger partial charge is 0.375 e. The second-order valence-corrected chi connectivity index (χ2v) is 4.99. The summed E-state index contributed by atoms with van der Waals surface area (Å²) in [5.74, 6) is 0.953. The quantitative estimate of drug-likeness (QED) is 0.665. The highest BCUT2D eigenvalue weighted by Crippen LogP contribution is 2.18. The molecule has 0 atom stereocenters. The molecule has 1 aliphatic heterocycles. The van der Waals surface area contributed by atoms with Crippen LogP contribution >= 0.6 is 0 Å². The first kappa shape index (κ1) is 11.0. The van der Waals surface area contributed by atoms with Crippen molar-refractivity contribution in [1.82, 2.24) is 4.90 Å². The van der Waals surface area contributed by atoms with Gasteiger partial charge in [0.05, 0.1) is 12.2 Å². The van der Waals surface area contributed by atoms with Crippen molar-refractivity contribution in [1.29, 1.82) is 0 Å². The van der Waals surface area contributed by atoms with E-state index < -0.39 is 0 Å². The van der Waals surface area contributed by atoms with E-state index in [0.717, 1.165) is 19.1 Å². The van der Waals surface area contributed by atoms with Crippen LogP contribution in [0.1, 0.15) is 34.1 Å². The summed E-state index contributed by atoms with van der Waals surface area (Å²) in [5.41, 5.74) is 0.0228. The summed E-state index contributed by atoms with van der Waals surface area (Å²) in [6, 6.07) is 0. The van der Waals surface area contributed by atoms with E-state index in [4.69, 9.17) is 4.74 Å². The van der Waals surface area contributed by atoms with Gasteiger partial charge in [0, 0.05) is 19.6 Å². The summed E-state index contributed by atoms with van der Waals surface area (Å²) in [6.45, 7) is 13.1. The van der Waals surface area contributed by atoms with Gasteiger partial charge in [-0.25, -0.2) is 0 Å². The van der Waals surface area contributed by atoms with E-state index >= 15 is 0 Å². The summed E-state index contributed by atoms with van der Waals surface area (Å²) in [4.78, 5) is 2.47. The Hall–Kier alpha value is -0.0800. The van der Waals surface area contributed by atoms with Crippen LogP contribution in [-0.4, -0.2) is 36.7 Å². The van der Waals surface area contributed by atoms with Crippen LogP contribution in [-0.2, 0) is 4.74 Å². The zero-order valence-electron chi connectivity index (χ0n) is 9.47. The SMILES string of the molecule is CCC1CN(CCOC(C)(C)C)C1. The van der Waals surface area contributed by atoms with Crippen LogP contribution in [0.15, 0.2) is 0 Å². The lowest BCUT2D eigenvalue weighted by atomic mass is 9.98. The Bertz CT molecular complexity index is 145. The van der Waals surface area contributed by atoms with Crippen LogP contribution in [0.5, 0.6) is 0 Å². The first-order chi connectivity index (χ1) is 6.01. The molecular weight excluding hydrogens is 162 g/mol. The number of nitrogens with zero attached hydrogens (tertiary/aromatic N) is 1. The molecule has 2 nitrogen and oxygen atoms in total. The summed E-state index contributed by atoms with van der Waals surface area (Å²) in [5, 5.41) is 0. The molecule has 0 amide bonds. The molecule has 1 heterocycles. The van der Waals surface area contributed by atoms with Crippen molar-refractivity contribution < 1.29 is 4.74 Å². The van der Waals surface area contributed by atoms with Crippen LogP contribution in [0, 0.1) is 5.92 Å². The third-order valence-electron chi connectivity index (χ3n) is 2.55. The minimum atomic E-state index is 0.0228. The van der Waals surface area contributed by atoms with Crippen molar-refractivity contribution >= 4 is 0 Å². The zero-order valence-corrected chi connectivity index (χ0v) is 9.47. The van der Waals surface area contributed by atoms with Gasteiger partial charge in [-0.3, -0.25) is 0 Å². The molecular formula is C11H23NO. The molecule has 78 valence electrons.